The van der Waals surface area contributed by atoms with E-state index in [1.165, 1.54) is 24.3 Å². The summed E-state index contributed by atoms with van der Waals surface area (Å²) in [5.74, 6) is -1.95. The number of nitrogens with zero attached hydrogens (tertiary/aromatic N) is 3. The van der Waals surface area contributed by atoms with Gasteiger partial charge >= 0.3 is 11.9 Å². The van der Waals surface area contributed by atoms with Crippen LogP contribution in [0.15, 0.2) is 63.7 Å². The maximum atomic E-state index is 11.0. The Morgan fingerprint density at radius 2 is 1.21 bits per heavy atom. The van der Waals surface area contributed by atoms with Gasteiger partial charge in [-0.05, 0) is 48.5 Å². The van der Waals surface area contributed by atoms with Crippen LogP contribution in [0.2, 0.25) is 0 Å². The van der Waals surface area contributed by atoms with Crippen molar-refractivity contribution < 1.29 is 32.8 Å². The Bertz CT molecular complexity index is 969. The van der Waals surface area contributed by atoms with E-state index < -0.39 is 22.1 Å². The van der Waals surface area contributed by atoms with E-state index in [9.17, 15) is 18.0 Å². The standard InChI is InChI=1S/C18H19N3O7S/c22-17(23)9-11-21(12-10-18(24)25)15-5-1-13(2-6-15)19-20-14-3-7-16(8-4-14)29(26,27)28/h1-8H,9-12H2,(H,22,23)(H,24,25)(H,26,27,28). The lowest BCUT2D eigenvalue weighted by molar-refractivity contribution is -0.137. The fourth-order valence-corrected chi connectivity index (χ4v) is 2.84. The van der Waals surface area contributed by atoms with Crippen LogP contribution < -0.4 is 4.90 Å². The summed E-state index contributed by atoms with van der Waals surface area (Å²) in [7, 11) is -4.27. The lowest BCUT2D eigenvalue weighted by atomic mass is 10.2. The van der Waals surface area contributed by atoms with Crippen LogP contribution in [0.5, 0.6) is 0 Å². The summed E-state index contributed by atoms with van der Waals surface area (Å²) in [6.45, 7) is 0.340. The van der Waals surface area contributed by atoms with Crippen molar-refractivity contribution in [3.05, 3.63) is 48.5 Å². The Kier molecular flexibility index (Phi) is 7.39. The first-order chi connectivity index (χ1) is 13.6. The second kappa shape index (κ2) is 9.75. The van der Waals surface area contributed by atoms with Crippen LogP contribution in [0.4, 0.5) is 17.1 Å². The molecule has 0 heterocycles. The van der Waals surface area contributed by atoms with Crippen molar-refractivity contribution in [2.75, 3.05) is 18.0 Å². The zero-order valence-electron chi connectivity index (χ0n) is 15.2. The zero-order chi connectivity index (χ0) is 21.4. The molecule has 0 aromatic heterocycles. The van der Waals surface area contributed by atoms with Crippen LogP contribution in [-0.2, 0) is 19.7 Å². The minimum Gasteiger partial charge on any atom is -0.481 e. The van der Waals surface area contributed by atoms with E-state index in [1.807, 2.05) is 0 Å². The number of aliphatic carboxylic acids is 2. The highest BCUT2D eigenvalue weighted by molar-refractivity contribution is 7.85. The van der Waals surface area contributed by atoms with Crippen LogP contribution in [0.25, 0.3) is 0 Å². The fourth-order valence-electron chi connectivity index (χ4n) is 2.36. The number of carboxylic acid groups (broad SMARTS) is 2. The lowest BCUT2D eigenvalue weighted by Gasteiger charge is -2.23. The largest absolute Gasteiger partial charge is 0.481 e. The first-order valence-corrected chi connectivity index (χ1v) is 9.87. The van der Waals surface area contributed by atoms with Gasteiger partial charge in [-0.25, -0.2) is 0 Å². The predicted molar refractivity (Wildman–Crippen MR) is 104 cm³/mol. The Hall–Kier alpha value is -3.31. The Balaban J connectivity index is 2.09. The molecule has 0 saturated heterocycles. The Labute approximate surface area is 166 Å². The Morgan fingerprint density at radius 1 is 0.793 bits per heavy atom. The van der Waals surface area contributed by atoms with Crippen molar-refractivity contribution >= 4 is 39.1 Å². The first-order valence-electron chi connectivity index (χ1n) is 8.43. The van der Waals surface area contributed by atoms with E-state index in [-0.39, 0.29) is 30.8 Å². The molecule has 0 bridgehead atoms. The number of hydrogen-bond acceptors (Lipinski definition) is 7. The minimum absolute atomic E-state index is 0.124. The summed E-state index contributed by atoms with van der Waals surface area (Å²) >= 11 is 0. The molecule has 10 nitrogen and oxygen atoms in total. The van der Waals surface area contributed by atoms with Gasteiger partial charge in [-0.1, -0.05) is 0 Å². The number of rotatable bonds is 10. The molecule has 0 radical (unpaired) electrons. The number of carbonyl (C=O) groups is 2. The van der Waals surface area contributed by atoms with Crippen LogP contribution in [0.1, 0.15) is 12.8 Å². The highest BCUT2D eigenvalue weighted by atomic mass is 32.2. The molecule has 0 atom stereocenters. The molecule has 0 fully saturated rings. The third-order valence-electron chi connectivity index (χ3n) is 3.82. The summed E-state index contributed by atoms with van der Waals surface area (Å²) in [5.41, 5.74) is 1.53. The molecule has 2 aromatic carbocycles. The van der Waals surface area contributed by atoms with Gasteiger partial charge in [0, 0.05) is 18.8 Å². The molecule has 0 unspecified atom stereocenters. The van der Waals surface area contributed by atoms with Gasteiger partial charge in [-0.2, -0.15) is 18.6 Å². The van der Waals surface area contributed by atoms with Gasteiger partial charge in [0.2, 0.25) is 0 Å². The molecule has 0 spiro atoms. The van der Waals surface area contributed by atoms with E-state index in [1.54, 1.807) is 29.2 Å². The van der Waals surface area contributed by atoms with Crippen molar-refractivity contribution in [3.63, 3.8) is 0 Å². The number of benzene rings is 2. The fraction of sp³-hybridized carbons (Fsp3) is 0.222. The molecule has 3 N–H and O–H groups in total. The van der Waals surface area contributed by atoms with Crippen LogP contribution in [0.3, 0.4) is 0 Å². The third-order valence-corrected chi connectivity index (χ3v) is 4.69. The van der Waals surface area contributed by atoms with Gasteiger partial charge in [0.1, 0.15) is 0 Å². The van der Waals surface area contributed by atoms with Crippen molar-refractivity contribution in [1.29, 1.82) is 0 Å². The number of hydrogen-bond donors (Lipinski definition) is 3. The average Bonchev–Trinajstić information content (AvgIpc) is 2.66. The molecular formula is C18H19N3O7S. The second-order valence-corrected chi connectivity index (χ2v) is 7.38. The molecule has 0 aliphatic rings. The smallest absolute Gasteiger partial charge is 0.305 e. The molecule has 2 rings (SSSR count). The van der Waals surface area contributed by atoms with Crippen LogP contribution in [-0.4, -0.2) is 48.2 Å². The molecular weight excluding hydrogens is 402 g/mol. The Morgan fingerprint density at radius 3 is 1.59 bits per heavy atom. The van der Waals surface area contributed by atoms with Gasteiger partial charge in [-0.15, -0.1) is 0 Å². The molecule has 0 amide bonds. The number of azo groups is 1. The normalized spacial score (nSPS) is 11.5. The molecule has 11 heteroatoms. The molecule has 2 aromatic rings. The molecule has 0 aliphatic heterocycles. The van der Waals surface area contributed by atoms with Crippen molar-refractivity contribution in [1.82, 2.24) is 0 Å². The summed E-state index contributed by atoms with van der Waals surface area (Å²) < 4.78 is 31.0. The molecule has 0 aliphatic carbocycles. The van der Waals surface area contributed by atoms with Gasteiger partial charge in [0.25, 0.3) is 10.1 Å². The maximum Gasteiger partial charge on any atom is 0.305 e. The summed E-state index contributed by atoms with van der Waals surface area (Å²) in [5, 5.41) is 25.7. The van der Waals surface area contributed by atoms with E-state index in [4.69, 9.17) is 14.8 Å². The zero-order valence-corrected chi connectivity index (χ0v) is 16.0. The monoisotopic (exact) mass is 421 g/mol. The number of anilines is 1. The summed E-state index contributed by atoms with van der Waals surface area (Å²) in [6.07, 6.45) is -0.249. The maximum absolute atomic E-state index is 11.0. The van der Waals surface area contributed by atoms with Gasteiger partial charge in [-0.3, -0.25) is 14.1 Å². The van der Waals surface area contributed by atoms with Crippen molar-refractivity contribution in [2.24, 2.45) is 10.2 Å². The van der Waals surface area contributed by atoms with E-state index in [0.717, 1.165) is 0 Å². The van der Waals surface area contributed by atoms with Gasteiger partial charge in [0.05, 0.1) is 29.1 Å². The van der Waals surface area contributed by atoms with Gasteiger partial charge in [0.15, 0.2) is 0 Å². The minimum atomic E-state index is -4.27. The van der Waals surface area contributed by atoms with E-state index >= 15 is 0 Å². The molecule has 29 heavy (non-hydrogen) atoms. The number of carboxylic acids is 2. The first kappa shape index (κ1) is 22.0. The highest BCUT2D eigenvalue weighted by Gasteiger charge is 2.11. The van der Waals surface area contributed by atoms with Crippen molar-refractivity contribution in [2.45, 2.75) is 17.7 Å². The summed E-state index contributed by atoms with van der Waals surface area (Å²) in [6, 6.07) is 11.8. The van der Waals surface area contributed by atoms with Crippen molar-refractivity contribution in [3.8, 4) is 0 Å². The predicted octanol–water partition coefficient (Wildman–Crippen LogP) is 3.10. The van der Waals surface area contributed by atoms with E-state index in [0.29, 0.717) is 17.1 Å². The topological polar surface area (TPSA) is 157 Å². The SMILES string of the molecule is O=C(O)CCN(CCC(=O)O)c1ccc(N=Nc2ccc(S(=O)(=O)O)cc2)cc1. The molecule has 154 valence electrons. The lowest BCUT2D eigenvalue weighted by Crippen LogP contribution is -2.28. The third kappa shape index (κ3) is 7.31. The van der Waals surface area contributed by atoms with Crippen LogP contribution in [0, 0.1) is 0 Å². The highest BCUT2D eigenvalue weighted by Crippen LogP contribution is 2.23. The quantitative estimate of drug-likeness (QED) is 0.390. The average molecular weight is 421 g/mol. The molecule has 0 saturated carbocycles. The van der Waals surface area contributed by atoms with E-state index in [2.05, 4.69) is 10.2 Å². The second-order valence-electron chi connectivity index (χ2n) is 5.96. The van der Waals surface area contributed by atoms with Gasteiger partial charge < -0.3 is 15.1 Å². The summed E-state index contributed by atoms with van der Waals surface area (Å²) in [4.78, 5) is 23.0. The van der Waals surface area contributed by atoms with Crippen LogP contribution >= 0.6 is 0 Å².